The lowest BCUT2D eigenvalue weighted by atomic mass is 10.2. The van der Waals surface area contributed by atoms with Gasteiger partial charge in [-0.25, -0.2) is 0 Å². The average Bonchev–Trinajstić information content (AvgIpc) is 2.95. The predicted octanol–water partition coefficient (Wildman–Crippen LogP) is 3.12. The van der Waals surface area contributed by atoms with Crippen LogP contribution >= 0.6 is 11.8 Å². The van der Waals surface area contributed by atoms with Crippen LogP contribution in [0.5, 0.6) is 11.5 Å². The molecule has 1 saturated heterocycles. The first kappa shape index (κ1) is 18.8. The number of carbonyl (C=O) groups is 2. The molecule has 2 amide bonds. The van der Waals surface area contributed by atoms with Gasteiger partial charge in [0.15, 0.2) is 5.17 Å². The van der Waals surface area contributed by atoms with Gasteiger partial charge >= 0.3 is 0 Å². The molecule has 1 fully saturated rings. The Hall–Kier alpha value is -3.00. The van der Waals surface area contributed by atoms with Crippen molar-refractivity contribution in [1.29, 1.82) is 5.41 Å². The number of hydrogen-bond acceptors (Lipinski definition) is 6. The van der Waals surface area contributed by atoms with Crippen molar-refractivity contribution in [3.63, 3.8) is 0 Å². The zero-order chi connectivity index (χ0) is 19.4. The molecule has 0 aromatic heterocycles. The molecular formula is C19H19N3O4S. The summed E-state index contributed by atoms with van der Waals surface area (Å²) in [4.78, 5) is 26.3. The second-order valence-electron chi connectivity index (χ2n) is 5.76. The van der Waals surface area contributed by atoms with Crippen molar-refractivity contribution >= 4 is 40.1 Å². The number of thioether (sulfide) groups is 1. The summed E-state index contributed by atoms with van der Waals surface area (Å²) in [5.74, 6) is 0.800. The maximum atomic E-state index is 12.7. The fraction of sp³-hybridized carbons (Fsp3) is 0.211. The van der Waals surface area contributed by atoms with Gasteiger partial charge in [0.25, 0.3) is 0 Å². The Bertz CT molecular complexity index is 852. The highest BCUT2D eigenvalue weighted by molar-refractivity contribution is 8.16. The summed E-state index contributed by atoms with van der Waals surface area (Å²) in [6, 6.07) is 13.8. The van der Waals surface area contributed by atoms with Crippen LogP contribution in [0, 0.1) is 5.41 Å². The summed E-state index contributed by atoms with van der Waals surface area (Å²) in [6.07, 6.45) is -0.00936. The van der Waals surface area contributed by atoms with Crippen LogP contribution in [0.15, 0.2) is 48.5 Å². The zero-order valence-corrected chi connectivity index (χ0v) is 15.7. The van der Waals surface area contributed by atoms with Crippen molar-refractivity contribution < 1.29 is 19.1 Å². The molecule has 3 rings (SSSR count). The molecule has 0 spiro atoms. The molecule has 0 saturated carbocycles. The SMILES string of the molecule is COc1ccc(NC(=O)C[C@H]2SC(=N)N(c3ccc(OC)cc3)C2=O)cc1. The van der Waals surface area contributed by atoms with E-state index in [1.54, 1.807) is 62.8 Å². The number of ether oxygens (including phenoxy) is 2. The molecule has 7 nitrogen and oxygen atoms in total. The van der Waals surface area contributed by atoms with E-state index in [-0.39, 0.29) is 23.4 Å². The lowest BCUT2D eigenvalue weighted by Gasteiger charge is -2.16. The number of nitrogens with zero attached hydrogens (tertiary/aromatic N) is 1. The molecular weight excluding hydrogens is 366 g/mol. The Kier molecular flexibility index (Phi) is 5.66. The number of nitrogens with one attached hydrogen (secondary N) is 2. The minimum atomic E-state index is -0.627. The van der Waals surface area contributed by atoms with E-state index < -0.39 is 5.25 Å². The normalized spacial score (nSPS) is 16.4. The van der Waals surface area contributed by atoms with Crippen LogP contribution in [-0.2, 0) is 9.59 Å². The van der Waals surface area contributed by atoms with Gasteiger partial charge in [0.2, 0.25) is 11.8 Å². The topological polar surface area (TPSA) is 91.7 Å². The number of anilines is 2. The molecule has 1 aliphatic heterocycles. The fourth-order valence-corrected chi connectivity index (χ4v) is 3.65. The Labute approximate surface area is 161 Å². The van der Waals surface area contributed by atoms with Gasteiger partial charge in [-0.1, -0.05) is 11.8 Å². The van der Waals surface area contributed by atoms with E-state index >= 15 is 0 Å². The van der Waals surface area contributed by atoms with Crippen molar-refractivity contribution in [2.75, 3.05) is 24.4 Å². The van der Waals surface area contributed by atoms with Crippen molar-refractivity contribution in [3.05, 3.63) is 48.5 Å². The summed E-state index contributed by atoms with van der Waals surface area (Å²) in [7, 11) is 3.13. The van der Waals surface area contributed by atoms with Crippen LogP contribution in [0.1, 0.15) is 6.42 Å². The van der Waals surface area contributed by atoms with E-state index in [1.165, 1.54) is 4.90 Å². The van der Waals surface area contributed by atoms with E-state index in [0.717, 1.165) is 11.8 Å². The van der Waals surface area contributed by atoms with E-state index in [0.29, 0.717) is 22.9 Å². The van der Waals surface area contributed by atoms with Crippen LogP contribution in [0.3, 0.4) is 0 Å². The van der Waals surface area contributed by atoms with E-state index in [4.69, 9.17) is 14.9 Å². The van der Waals surface area contributed by atoms with Crippen LogP contribution in [0.2, 0.25) is 0 Å². The number of amides is 2. The summed E-state index contributed by atoms with van der Waals surface area (Å²) in [6.45, 7) is 0. The lowest BCUT2D eigenvalue weighted by Crippen LogP contribution is -2.33. The minimum Gasteiger partial charge on any atom is -0.497 e. The van der Waals surface area contributed by atoms with Gasteiger partial charge in [-0.2, -0.15) is 0 Å². The molecule has 27 heavy (non-hydrogen) atoms. The van der Waals surface area contributed by atoms with Crippen molar-refractivity contribution in [2.24, 2.45) is 0 Å². The number of methoxy groups -OCH3 is 2. The fourth-order valence-electron chi connectivity index (χ4n) is 2.64. The zero-order valence-electron chi connectivity index (χ0n) is 14.9. The van der Waals surface area contributed by atoms with Gasteiger partial charge in [0, 0.05) is 12.1 Å². The van der Waals surface area contributed by atoms with Gasteiger partial charge in [-0.05, 0) is 48.5 Å². The molecule has 2 aromatic carbocycles. The smallest absolute Gasteiger partial charge is 0.247 e. The van der Waals surface area contributed by atoms with Gasteiger partial charge < -0.3 is 14.8 Å². The van der Waals surface area contributed by atoms with Crippen molar-refractivity contribution in [3.8, 4) is 11.5 Å². The number of amidine groups is 1. The molecule has 0 radical (unpaired) electrons. The predicted molar refractivity (Wildman–Crippen MR) is 106 cm³/mol. The summed E-state index contributed by atoms with van der Waals surface area (Å²) >= 11 is 1.08. The Morgan fingerprint density at radius 1 is 1.07 bits per heavy atom. The van der Waals surface area contributed by atoms with Crippen molar-refractivity contribution in [2.45, 2.75) is 11.7 Å². The monoisotopic (exact) mass is 385 g/mol. The molecule has 8 heteroatoms. The van der Waals surface area contributed by atoms with Gasteiger partial charge in [0.05, 0.1) is 19.9 Å². The maximum Gasteiger partial charge on any atom is 0.247 e. The van der Waals surface area contributed by atoms with Crippen molar-refractivity contribution in [1.82, 2.24) is 0 Å². The Morgan fingerprint density at radius 3 is 2.19 bits per heavy atom. The molecule has 1 aliphatic rings. The van der Waals surface area contributed by atoms with Crippen LogP contribution in [0.25, 0.3) is 0 Å². The van der Waals surface area contributed by atoms with E-state index in [9.17, 15) is 9.59 Å². The number of benzene rings is 2. The first-order valence-electron chi connectivity index (χ1n) is 8.19. The van der Waals surface area contributed by atoms with Gasteiger partial charge in [-0.15, -0.1) is 0 Å². The highest BCUT2D eigenvalue weighted by atomic mass is 32.2. The average molecular weight is 385 g/mol. The number of rotatable bonds is 6. The minimum absolute atomic E-state index is 0.00936. The standard InChI is InChI=1S/C19H19N3O4S/c1-25-14-7-3-12(4-8-14)21-17(23)11-16-18(24)22(19(20)27-16)13-5-9-15(26-2)10-6-13/h3-10,16,20H,11H2,1-2H3,(H,21,23)/t16-/m1/s1. The molecule has 1 atom stereocenters. The van der Waals surface area contributed by atoms with Gasteiger partial charge in [-0.3, -0.25) is 19.9 Å². The summed E-state index contributed by atoms with van der Waals surface area (Å²) in [5.41, 5.74) is 1.20. The first-order valence-corrected chi connectivity index (χ1v) is 9.07. The van der Waals surface area contributed by atoms with E-state index in [2.05, 4.69) is 5.32 Å². The highest BCUT2D eigenvalue weighted by Gasteiger charge is 2.39. The van der Waals surface area contributed by atoms with Crippen LogP contribution < -0.4 is 19.7 Å². The molecule has 0 unspecified atom stereocenters. The molecule has 1 heterocycles. The molecule has 140 valence electrons. The third-order valence-corrected chi connectivity index (χ3v) is 5.09. The number of carbonyl (C=O) groups excluding carboxylic acids is 2. The van der Waals surface area contributed by atoms with E-state index in [1.807, 2.05) is 0 Å². The summed E-state index contributed by atoms with van der Waals surface area (Å²) < 4.78 is 10.2. The largest absolute Gasteiger partial charge is 0.497 e. The number of hydrogen-bond donors (Lipinski definition) is 2. The second-order valence-corrected chi connectivity index (χ2v) is 6.96. The Balaban J connectivity index is 1.64. The van der Waals surface area contributed by atoms with Crippen LogP contribution in [-0.4, -0.2) is 36.5 Å². The second kappa shape index (κ2) is 8.13. The lowest BCUT2D eigenvalue weighted by molar-refractivity contribution is -0.121. The third kappa shape index (κ3) is 4.22. The summed E-state index contributed by atoms with van der Waals surface area (Å²) in [5, 5.41) is 10.3. The Morgan fingerprint density at radius 2 is 1.63 bits per heavy atom. The molecule has 2 N–H and O–H groups in total. The third-order valence-electron chi connectivity index (χ3n) is 4.03. The quantitative estimate of drug-likeness (QED) is 0.797. The molecule has 0 aliphatic carbocycles. The maximum absolute atomic E-state index is 12.7. The van der Waals surface area contributed by atoms with Gasteiger partial charge in [0.1, 0.15) is 16.7 Å². The van der Waals surface area contributed by atoms with Crippen LogP contribution in [0.4, 0.5) is 11.4 Å². The molecule has 0 bridgehead atoms. The highest BCUT2D eigenvalue weighted by Crippen LogP contribution is 2.33. The molecule has 2 aromatic rings. The first-order chi connectivity index (χ1) is 13.0.